The zero-order valence-corrected chi connectivity index (χ0v) is 6.65. The van der Waals surface area contributed by atoms with Crippen LogP contribution in [-0.2, 0) is 11.1 Å². The third-order valence-electron chi connectivity index (χ3n) is 1.27. The Bertz CT molecular complexity index is 298. The number of benzene rings is 1. The molecule has 0 N–H and O–H groups in total. The molecule has 1 aromatic rings. The molecule has 0 aliphatic carbocycles. The van der Waals surface area contributed by atoms with E-state index in [2.05, 4.69) is 0 Å². The summed E-state index contributed by atoms with van der Waals surface area (Å²) in [5.41, 5.74) is 0.727. The molecule has 0 fully saturated rings. The topological polar surface area (TPSA) is 40.1 Å². The zero-order chi connectivity index (χ0) is 8.43. The first-order chi connectivity index (χ1) is 5.11. The highest BCUT2D eigenvalue weighted by molar-refractivity contribution is 7.79. The molecule has 1 rings (SSSR count). The van der Waals surface area contributed by atoms with Crippen molar-refractivity contribution in [1.29, 1.82) is 0 Å². The average molecular weight is 173 g/mol. The number of rotatable bonds is 1. The van der Waals surface area contributed by atoms with Crippen molar-refractivity contribution >= 4 is 11.1 Å². The second-order valence-electron chi connectivity index (χ2n) is 2.17. The summed E-state index contributed by atoms with van der Waals surface area (Å²) in [6.07, 6.45) is 0. The third-order valence-corrected chi connectivity index (χ3v) is 1.94. The van der Waals surface area contributed by atoms with E-state index in [9.17, 15) is 13.2 Å². The summed E-state index contributed by atoms with van der Waals surface area (Å²) >= 11 is -2.48. The van der Waals surface area contributed by atoms with E-state index in [1.807, 2.05) is 0 Å². The minimum atomic E-state index is -2.48. The van der Waals surface area contributed by atoms with Gasteiger partial charge >= 0.3 is 0 Å². The molecule has 0 spiro atoms. The molecule has 0 aromatic heterocycles. The third kappa shape index (κ3) is 1.85. The molecule has 1 unspecified atom stereocenters. The Morgan fingerprint density at radius 3 is 2.64 bits per heavy atom. The Morgan fingerprint density at radius 2 is 2.18 bits per heavy atom. The lowest BCUT2D eigenvalue weighted by atomic mass is 10.2. The molecule has 0 saturated carbocycles. The van der Waals surface area contributed by atoms with E-state index in [0.717, 1.165) is 11.6 Å². The van der Waals surface area contributed by atoms with Crippen molar-refractivity contribution < 1.29 is 13.2 Å². The molecule has 60 valence electrons. The molecule has 0 saturated heterocycles. The van der Waals surface area contributed by atoms with Crippen LogP contribution >= 0.6 is 0 Å². The van der Waals surface area contributed by atoms with Gasteiger partial charge < -0.3 is 4.55 Å². The maximum Gasteiger partial charge on any atom is 0.138 e. The van der Waals surface area contributed by atoms with Gasteiger partial charge in [-0.25, -0.2) is 4.39 Å². The molecule has 1 atom stereocenters. The van der Waals surface area contributed by atoms with Crippen LogP contribution in [0, 0.1) is 12.7 Å². The van der Waals surface area contributed by atoms with Crippen molar-refractivity contribution in [2.24, 2.45) is 0 Å². The standard InChI is InChI=1S/C7H7FO2S/c1-5-2-3-6(8)7(4-5)11(9)10/h2-4H,1H3,(H,9,10)/p-1. The van der Waals surface area contributed by atoms with Gasteiger partial charge in [-0.3, -0.25) is 4.21 Å². The van der Waals surface area contributed by atoms with Crippen molar-refractivity contribution in [2.45, 2.75) is 11.8 Å². The van der Waals surface area contributed by atoms with E-state index in [0.29, 0.717) is 0 Å². The van der Waals surface area contributed by atoms with Gasteiger partial charge in [0.15, 0.2) is 0 Å². The molecule has 1 aromatic carbocycles. The van der Waals surface area contributed by atoms with Crippen LogP contribution in [0.5, 0.6) is 0 Å². The molecule has 11 heavy (non-hydrogen) atoms. The normalized spacial score (nSPS) is 13.0. The predicted molar refractivity (Wildman–Crippen MR) is 38.3 cm³/mol. The Balaban J connectivity index is 3.23. The first kappa shape index (κ1) is 8.36. The second kappa shape index (κ2) is 3.11. The number of hydrogen-bond donors (Lipinski definition) is 0. The molecule has 4 heteroatoms. The first-order valence-corrected chi connectivity index (χ1v) is 4.04. The lowest BCUT2D eigenvalue weighted by Crippen LogP contribution is -1.93. The summed E-state index contributed by atoms with van der Waals surface area (Å²) in [5.74, 6) is -0.705. The van der Waals surface area contributed by atoms with E-state index in [1.54, 1.807) is 6.92 Å². The number of aryl methyl sites for hydroxylation is 1. The molecular weight excluding hydrogens is 167 g/mol. The summed E-state index contributed by atoms with van der Waals surface area (Å²) in [7, 11) is 0. The summed E-state index contributed by atoms with van der Waals surface area (Å²) in [5, 5.41) is 0. The Hall–Kier alpha value is -0.740. The van der Waals surface area contributed by atoms with Crippen LogP contribution in [0.4, 0.5) is 4.39 Å². The molecule has 0 radical (unpaired) electrons. The fourth-order valence-electron chi connectivity index (χ4n) is 0.738. The monoisotopic (exact) mass is 173 g/mol. The lowest BCUT2D eigenvalue weighted by molar-refractivity contribution is 0.523. The van der Waals surface area contributed by atoms with E-state index < -0.39 is 16.9 Å². The second-order valence-corrected chi connectivity index (χ2v) is 3.08. The maximum absolute atomic E-state index is 12.6. The quantitative estimate of drug-likeness (QED) is 0.602. The predicted octanol–water partition coefficient (Wildman–Crippen LogP) is 1.37. The van der Waals surface area contributed by atoms with Gasteiger partial charge in [-0.05, 0) is 35.7 Å². The van der Waals surface area contributed by atoms with Crippen molar-refractivity contribution in [2.75, 3.05) is 0 Å². The van der Waals surface area contributed by atoms with Crippen LogP contribution in [0.25, 0.3) is 0 Å². The minimum absolute atomic E-state index is 0.273. The van der Waals surface area contributed by atoms with Crippen LogP contribution in [0.1, 0.15) is 5.56 Å². The lowest BCUT2D eigenvalue weighted by Gasteiger charge is -2.06. The fraction of sp³-hybridized carbons (Fsp3) is 0.143. The van der Waals surface area contributed by atoms with Gasteiger partial charge in [0.25, 0.3) is 0 Å². The molecule has 0 bridgehead atoms. The molecule has 2 nitrogen and oxygen atoms in total. The molecular formula is C7H6FO2S-. The van der Waals surface area contributed by atoms with Crippen LogP contribution in [0.3, 0.4) is 0 Å². The average Bonchev–Trinajstić information content (AvgIpc) is 1.94. The zero-order valence-electron chi connectivity index (χ0n) is 5.83. The minimum Gasteiger partial charge on any atom is -0.768 e. The van der Waals surface area contributed by atoms with Gasteiger partial charge in [-0.2, -0.15) is 0 Å². The summed E-state index contributed by atoms with van der Waals surface area (Å²) in [4.78, 5) is -0.273. The Kier molecular flexibility index (Phi) is 2.36. The van der Waals surface area contributed by atoms with Crippen LogP contribution < -0.4 is 0 Å². The summed E-state index contributed by atoms with van der Waals surface area (Å²) in [6.45, 7) is 1.70. The maximum atomic E-state index is 12.6. The van der Waals surface area contributed by atoms with Gasteiger partial charge in [0.05, 0.1) is 4.90 Å². The van der Waals surface area contributed by atoms with Crippen molar-refractivity contribution in [3.8, 4) is 0 Å². The smallest absolute Gasteiger partial charge is 0.138 e. The highest BCUT2D eigenvalue weighted by Gasteiger charge is 2.00. The van der Waals surface area contributed by atoms with Gasteiger partial charge in [-0.1, -0.05) is 6.07 Å². The van der Waals surface area contributed by atoms with Crippen molar-refractivity contribution in [3.63, 3.8) is 0 Å². The number of hydrogen-bond acceptors (Lipinski definition) is 2. The van der Waals surface area contributed by atoms with Crippen molar-refractivity contribution in [3.05, 3.63) is 29.6 Å². The van der Waals surface area contributed by atoms with Crippen LogP contribution in [0.15, 0.2) is 23.1 Å². The van der Waals surface area contributed by atoms with E-state index in [1.165, 1.54) is 12.1 Å². The molecule has 0 aliphatic heterocycles. The van der Waals surface area contributed by atoms with Gasteiger partial charge in [0, 0.05) is 0 Å². The molecule has 0 heterocycles. The highest BCUT2D eigenvalue weighted by atomic mass is 32.2. The molecule has 0 aliphatic rings. The number of halogens is 1. The van der Waals surface area contributed by atoms with E-state index in [4.69, 9.17) is 0 Å². The van der Waals surface area contributed by atoms with Gasteiger partial charge in [0.1, 0.15) is 5.82 Å². The van der Waals surface area contributed by atoms with Crippen molar-refractivity contribution in [1.82, 2.24) is 0 Å². The van der Waals surface area contributed by atoms with Gasteiger partial charge in [0.2, 0.25) is 0 Å². The molecule has 0 amide bonds. The first-order valence-electron chi connectivity index (χ1n) is 2.96. The summed E-state index contributed by atoms with van der Waals surface area (Å²) in [6, 6.07) is 3.95. The summed E-state index contributed by atoms with van der Waals surface area (Å²) < 4.78 is 33.3. The van der Waals surface area contributed by atoms with E-state index >= 15 is 0 Å². The largest absolute Gasteiger partial charge is 0.768 e. The van der Waals surface area contributed by atoms with E-state index in [-0.39, 0.29) is 4.90 Å². The van der Waals surface area contributed by atoms with Crippen LogP contribution in [-0.4, -0.2) is 8.76 Å². The van der Waals surface area contributed by atoms with Crippen LogP contribution in [0.2, 0.25) is 0 Å². The van der Waals surface area contributed by atoms with Gasteiger partial charge in [-0.15, -0.1) is 0 Å². The Morgan fingerprint density at radius 1 is 1.55 bits per heavy atom. The SMILES string of the molecule is Cc1ccc(F)c(S(=O)[O-])c1. The fourth-order valence-corrected chi connectivity index (χ4v) is 1.25. The highest BCUT2D eigenvalue weighted by Crippen LogP contribution is 2.12. The Labute approximate surface area is 66.3 Å².